The Hall–Kier alpha value is -1.47. The Morgan fingerprint density at radius 3 is 2.82 bits per heavy atom. The van der Waals surface area contributed by atoms with E-state index in [1.54, 1.807) is 19.1 Å². The number of rotatable bonds is 4. The van der Waals surface area contributed by atoms with Gasteiger partial charge >= 0.3 is 5.97 Å². The highest BCUT2D eigenvalue weighted by molar-refractivity contribution is 7.88. The molecule has 1 heterocycles. The van der Waals surface area contributed by atoms with Crippen molar-refractivity contribution in [1.82, 2.24) is 4.31 Å². The van der Waals surface area contributed by atoms with E-state index in [0.29, 0.717) is 24.9 Å². The molecule has 2 atom stereocenters. The first-order chi connectivity index (χ1) is 10.3. The number of sulfonamides is 1. The summed E-state index contributed by atoms with van der Waals surface area (Å²) in [6.07, 6.45) is 1.79. The van der Waals surface area contributed by atoms with Gasteiger partial charge in [-0.3, -0.25) is 4.79 Å². The van der Waals surface area contributed by atoms with E-state index in [0.717, 1.165) is 6.26 Å². The number of nitrogens with zero attached hydrogens (tertiary/aromatic N) is 1. The van der Waals surface area contributed by atoms with Crippen LogP contribution in [-0.2, 0) is 19.6 Å². The lowest BCUT2D eigenvalue weighted by molar-refractivity contribution is -0.154. The van der Waals surface area contributed by atoms with E-state index in [9.17, 15) is 17.6 Å². The lowest BCUT2D eigenvalue weighted by Crippen LogP contribution is -2.42. The predicted octanol–water partition coefficient (Wildman–Crippen LogP) is 2.10. The molecule has 0 bridgehead atoms. The quantitative estimate of drug-likeness (QED) is 0.794. The van der Waals surface area contributed by atoms with E-state index in [2.05, 4.69) is 0 Å². The van der Waals surface area contributed by atoms with Gasteiger partial charge in [0.05, 0.1) is 12.2 Å². The maximum atomic E-state index is 13.2. The molecule has 22 heavy (non-hydrogen) atoms. The lowest BCUT2D eigenvalue weighted by atomic mass is 10.00. The van der Waals surface area contributed by atoms with Crippen LogP contribution in [0.5, 0.6) is 0 Å². The molecule has 1 aliphatic rings. The standard InChI is InChI=1S/C15H20FNO4S/c1-11(12-5-3-7-14(16)9-12)21-15(18)13-6-4-8-17(10-13)22(2,19)20/h3,5,7,9,11,13H,4,6,8,10H2,1-2H3/t11-,13+/m1/s1. The van der Waals surface area contributed by atoms with Crippen molar-refractivity contribution >= 4 is 16.0 Å². The summed E-state index contributed by atoms with van der Waals surface area (Å²) in [5.74, 6) is -1.30. The fourth-order valence-corrected chi connectivity index (χ4v) is 3.45. The summed E-state index contributed by atoms with van der Waals surface area (Å²) in [6.45, 7) is 2.25. The SMILES string of the molecule is C[C@@H](OC(=O)[C@H]1CCCN(S(C)(=O)=O)C1)c1cccc(F)c1. The molecule has 0 amide bonds. The number of piperidine rings is 1. The van der Waals surface area contributed by atoms with Gasteiger partial charge in [0, 0.05) is 13.1 Å². The maximum Gasteiger partial charge on any atom is 0.310 e. The smallest absolute Gasteiger partial charge is 0.310 e. The third-order valence-electron chi connectivity index (χ3n) is 3.80. The van der Waals surface area contributed by atoms with E-state index in [1.165, 1.54) is 16.4 Å². The van der Waals surface area contributed by atoms with E-state index < -0.39 is 28.0 Å². The van der Waals surface area contributed by atoms with Crippen LogP contribution in [0.15, 0.2) is 24.3 Å². The van der Waals surface area contributed by atoms with Crippen molar-refractivity contribution < 1.29 is 22.3 Å². The van der Waals surface area contributed by atoms with E-state index in [-0.39, 0.29) is 12.4 Å². The molecule has 0 aromatic heterocycles. The first-order valence-corrected chi connectivity index (χ1v) is 9.03. The summed E-state index contributed by atoms with van der Waals surface area (Å²) < 4.78 is 43.0. The molecule has 2 rings (SSSR count). The van der Waals surface area contributed by atoms with Gasteiger partial charge in [0.25, 0.3) is 0 Å². The Bertz CT molecular complexity index is 647. The molecular formula is C15H20FNO4S. The molecule has 0 spiro atoms. The molecule has 0 N–H and O–H groups in total. The maximum absolute atomic E-state index is 13.2. The van der Waals surface area contributed by atoms with E-state index in [1.807, 2.05) is 0 Å². The van der Waals surface area contributed by atoms with Crippen molar-refractivity contribution in [2.45, 2.75) is 25.9 Å². The largest absolute Gasteiger partial charge is 0.458 e. The van der Waals surface area contributed by atoms with Crippen LogP contribution >= 0.6 is 0 Å². The molecule has 1 aromatic carbocycles. The highest BCUT2D eigenvalue weighted by Gasteiger charge is 2.32. The zero-order valence-corrected chi connectivity index (χ0v) is 13.5. The highest BCUT2D eigenvalue weighted by Crippen LogP contribution is 2.24. The summed E-state index contributed by atoms with van der Waals surface area (Å²) in [6, 6.07) is 5.89. The van der Waals surface area contributed by atoms with Crippen molar-refractivity contribution in [3.8, 4) is 0 Å². The van der Waals surface area contributed by atoms with Gasteiger partial charge in [-0.2, -0.15) is 0 Å². The van der Waals surface area contributed by atoms with Crippen LogP contribution in [0.1, 0.15) is 31.4 Å². The zero-order chi connectivity index (χ0) is 16.3. The number of halogens is 1. The van der Waals surface area contributed by atoms with Gasteiger partial charge in [0.15, 0.2) is 0 Å². The van der Waals surface area contributed by atoms with Crippen LogP contribution in [-0.4, -0.2) is 38.0 Å². The van der Waals surface area contributed by atoms with Crippen molar-refractivity contribution in [3.05, 3.63) is 35.6 Å². The minimum atomic E-state index is -3.30. The van der Waals surface area contributed by atoms with Crippen LogP contribution in [0.2, 0.25) is 0 Å². The number of hydrogen-bond donors (Lipinski definition) is 0. The van der Waals surface area contributed by atoms with Crippen molar-refractivity contribution in [3.63, 3.8) is 0 Å². The van der Waals surface area contributed by atoms with Gasteiger partial charge in [-0.05, 0) is 37.5 Å². The molecule has 0 radical (unpaired) electrons. The zero-order valence-electron chi connectivity index (χ0n) is 12.7. The first-order valence-electron chi connectivity index (χ1n) is 7.18. The Morgan fingerprint density at radius 2 is 2.18 bits per heavy atom. The average molecular weight is 329 g/mol. The second-order valence-corrected chi connectivity index (χ2v) is 7.58. The molecule has 1 saturated heterocycles. The van der Waals surface area contributed by atoms with Gasteiger partial charge in [-0.15, -0.1) is 0 Å². The average Bonchev–Trinajstić information content (AvgIpc) is 2.46. The normalized spacial score (nSPS) is 21.3. The molecule has 122 valence electrons. The third kappa shape index (κ3) is 4.27. The van der Waals surface area contributed by atoms with E-state index >= 15 is 0 Å². The molecule has 1 aromatic rings. The number of benzene rings is 1. The van der Waals surface area contributed by atoms with Gasteiger partial charge in [0.2, 0.25) is 10.0 Å². The molecule has 0 saturated carbocycles. The highest BCUT2D eigenvalue weighted by atomic mass is 32.2. The molecular weight excluding hydrogens is 309 g/mol. The topological polar surface area (TPSA) is 63.7 Å². The van der Waals surface area contributed by atoms with Crippen molar-refractivity contribution in [1.29, 1.82) is 0 Å². The van der Waals surface area contributed by atoms with Crippen LogP contribution in [0.3, 0.4) is 0 Å². The summed E-state index contributed by atoms with van der Waals surface area (Å²) in [5.41, 5.74) is 0.573. The summed E-state index contributed by atoms with van der Waals surface area (Å²) in [5, 5.41) is 0. The number of esters is 1. The van der Waals surface area contributed by atoms with Crippen LogP contribution in [0.4, 0.5) is 4.39 Å². The number of hydrogen-bond acceptors (Lipinski definition) is 4. The Morgan fingerprint density at radius 1 is 1.45 bits per heavy atom. The van der Waals surface area contributed by atoms with Crippen molar-refractivity contribution in [2.75, 3.05) is 19.3 Å². The molecule has 7 heteroatoms. The van der Waals surface area contributed by atoms with Gasteiger partial charge < -0.3 is 4.74 Å². The Balaban J connectivity index is 1.99. The first kappa shape index (κ1) is 16.9. The van der Waals surface area contributed by atoms with Gasteiger partial charge in [-0.25, -0.2) is 17.1 Å². The van der Waals surface area contributed by atoms with Crippen LogP contribution in [0, 0.1) is 11.7 Å². The number of ether oxygens (including phenoxy) is 1. The fourth-order valence-electron chi connectivity index (χ4n) is 2.53. The molecule has 1 aliphatic heterocycles. The Labute approximate surface area is 130 Å². The fraction of sp³-hybridized carbons (Fsp3) is 0.533. The van der Waals surface area contributed by atoms with Crippen LogP contribution in [0.25, 0.3) is 0 Å². The number of carbonyl (C=O) groups excluding carboxylic acids is 1. The van der Waals surface area contributed by atoms with Gasteiger partial charge in [-0.1, -0.05) is 12.1 Å². The van der Waals surface area contributed by atoms with Gasteiger partial charge in [0.1, 0.15) is 11.9 Å². The predicted molar refractivity (Wildman–Crippen MR) is 80.0 cm³/mol. The van der Waals surface area contributed by atoms with E-state index in [4.69, 9.17) is 4.74 Å². The minimum Gasteiger partial charge on any atom is -0.458 e. The monoisotopic (exact) mass is 329 g/mol. The minimum absolute atomic E-state index is 0.146. The molecule has 0 unspecified atom stereocenters. The summed E-state index contributed by atoms with van der Waals surface area (Å²) in [7, 11) is -3.30. The molecule has 1 fully saturated rings. The second kappa shape index (κ2) is 6.75. The lowest BCUT2D eigenvalue weighted by Gasteiger charge is -2.30. The summed E-state index contributed by atoms with van der Waals surface area (Å²) >= 11 is 0. The summed E-state index contributed by atoms with van der Waals surface area (Å²) in [4.78, 5) is 12.2. The molecule has 0 aliphatic carbocycles. The molecule has 5 nitrogen and oxygen atoms in total. The number of carbonyl (C=O) groups is 1. The van der Waals surface area contributed by atoms with Crippen molar-refractivity contribution in [2.24, 2.45) is 5.92 Å². The Kier molecular flexibility index (Phi) is 5.18. The third-order valence-corrected chi connectivity index (χ3v) is 5.07. The second-order valence-electron chi connectivity index (χ2n) is 5.59. The van der Waals surface area contributed by atoms with Crippen LogP contribution < -0.4 is 0 Å².